The summed E-state index contributed by atoms with van der Waals surface area (Å²) >= 11 is 3.99. The zero-order chi connectivity index (χ0) is 26.5. The Kier molecular flexibility index (Phi) is 12.8. The second-order valence-corrected chi connectivity index (χ2v) is 8.93. The number of aliphatic carboxylic acids is 2. The van der Waals surface area contributed by atoms with E-state index in [2.05, 4.69) is 28.6 Å². The number of carboxylic acids is 2. The lowest BCUT2D eigenvalue weighted by Gasteiger charge is -2.26. The average Bonchev–Trinajstić information content (AvgIpc) is 2.79. The van der Waals surface area contributed by atoms with E-state index in [1.54, 1.807) is 30.3 Å². The van der Waals surface area contributed by atoms with Crippen LogP contribution in [0.4, 0.5) is 0 Å². The summed E-state index contributed by atoms with van der Waals surface area (Å²) in [5.41, 5.74) is 6.40. The molecule has 11 nitrogen and oxygen atoms in total. The van der Waals surface area contributed by atoms with Gasteiger partial charge >= 0.3 is 11.9 Å². The molecule has 0 aliphatic rings. The van der Waals surface area contributed by atoms with Gasteiger partial charge in [-0.3, -0.25) is 19.2 Å². The second kappa shape index (κ2) is 15.0. The number of nitrogens with two attached hydrogens (primary N) is 1. The predicted molar refractivity (Wildman–Crippen MR) is 132 cm³/mol. The van der Waals surface area contributed by atoms with Gasteiger partial charge in [0.25, 0.3) is 0 Å². The smallest absolute Gasteiger partial charge is 0.326 e. The fraction of sp³-hybridized carbons (Fsp3) is 0.522. The van der Waals surface area contributed by atoms with Crippen molar-refractivity contribution in [3.8, 4) is 0 Å². The van der Waals surface area contributed by atoms with E-state index >= 15 is 0 Å². The summed E-state index contributed by atoms with van der Waals surface area (Å²) in [5.74, 6) is -4.49. The van der Waals surface area contributed by atoms with Crippen molar-refractivity contribution in [1.29, 1.82) is 0 Å². The van der Waals surface area contributed by atoms with Gasteiger partial charge in [0.1, 0.15) is 18.1 Å². The fourth-order valence-corrected chi connectivity index (χ4v) is 3.36. The van der Waals surface area contributed by atoms with E-state index in [1.807, 2.05) is 13.8 Å². The van der Waals surface area contributed by atoms with E-state index in [4.69, 9.17) is 10.8 Å². The van der Waals surface area contributed by atoms with E-state index in [0.717, 1.165) is 0 Å². The minimum Gasteiger partial charge on any atom is -0.481 e. The molecule has 4 unspecified atom stereocenters. The van der Waals surface area contributed by atoms with E-state index in [0.29, 0.717) is 5.56 Å². The van der Waals surface area contributed by atoms with Crippen molar-refractivity contribution in [2.75, 3.05) is 5.75 Å². The molecule has 0 heterocycles. The van der Waals surface area contributed by atoms with Crippen LogP contribution < -0.4 is 21.7 Å². The minimum atomic E-state index is -1.45. The molecule has 3 amide bonds. The summed E-state index contributed by atoms with van der Waals surface area (Å²) in [6.45, 7) is 3.72. The number of carbonyl (C=O) groups is 5. The summed E-state index contributed by atoms with van der Waals surface area (Å²) in [5, 5.41) is 25.7. The Labute approximate surface area is 209 Å². The molecule has 0 saturated heterocycles. The van der Waals surface area contributed by atoms with Gasteiger partial charge in [0.05, 0.1) is 6.04 Å². The van der Waals surface area contributed by atoms with Crippen LogP contribution in [0.3, 0.4) is 0 Å². The van der Waals surface area contributed by atoms with Crippen LogP contribution in [-0.4, -0.2) is 69.8 Å². The number of amides is 3. The first-order valence-corrected chi connectivity index (χ1v) is 11.8. The van der Waals surface area contributed by atoms with Gasteiger partial charge in [-0.2, -0.15) is 12.6 Å². The maximum Gasteiger partial charge on any atom is 0.326 e. The van der Waals surface area contributed by atoms with Crippen LogP contribution in [0, 0.1) is 5.92 Å². The molecule has 194 valence electrons. The van der Waals surface area contributed by atoms with Crippen molar-refractivity contribution in [2.24, 2.45) is 11.7 Å². The van der Waals surface area contributed by atoms with Gasteiger partial charge in [0.15, 0.2) is 0 Å². The quantitative estimate of drug-likeness (QED) is 0.160. The number of nitrogens with one attached hydrogen (secondary N) is 3. The van der Waals surface area contributed by atoms with Gasteiger partial charge < -0.3 is 31.9 Å². The first-order valence-electron chi connectivity index (χ1n) is 11.2. The third-order valence-electron chi connectivity index (χ3n) is 5.05. The second-order valence-electron chi connectivity index (χ2n) is 8.56. The van der Waals surface area contributed by atoms with Crippen molar-refractivity contribution < 1.29 is 34.2 Å². The zero-order valence-corrected chi connectivity index (χ0v) is 20.7. The van der Waals surface area contributed by atoms with Gasteiger partial charge in [0.2, 0.25) is 17.7 Å². The normalized spacial score (nSPS) is 14.3. The SMILES string of the molecule is CC(C)CC(NC(=O)C(N)CS)C(=O)NC(Cc1ccccc1)C(=O)NC(CCC(=O)O)C(=O)O. The molecule has 1 rings (SSSR count). The van der Waals surface area contributed by atoms with Crippen molar-refractivity contribution >= 4 is 42.3 Å². The molecule has 0 aliphatic heterocycles. The molecule has 1 aromatic carbocycles. The minimum absolute atomic E-state index is 0.0204. The molecule has 0 aliphatic carbocycles. The predicted octanol–water partition coefficient (Wildman–Crippen LogP) is -0.0639. The number of thiol groups is 1. The maximum atomic E-state index is 13.1. The maximum absolute atomic E-state index is 13.1. The first kappa shape index (κ1) is 29.9. The highest BCUT2D eigenvalue weighted by Gasteiger charge is 2.31. The van der Waals surface area contributed by atoms with Crippen molar-refractivity contribution in [3.63, 3.8) is 0 Å². The molecule has 1 aromatic rings. The number of benzene rings is 1. The van der Waals surface area contributed by atoms with Crippen LogP contribution in [0.15, 0.2) is 30.3 Å². The standard InChI is InChI=1S/C23H34N4O7S/c1-13(2)10-17(26-20(30)15(24)12-35)21(31)27-18(11-14-6-4-3-5-7-14)22(32)25-16(23(33)34)8-9-19(28)29/h3-7,13,15-18,35H,8-12,24H2,1-2H3,(H,25,32)(H,26,30)(H,27,31)(H,28,29)(H,33,34). The molecule has 0 radical (unpaired) electrons. The van der Waals surface area contributed by atoms with Crippen LogP contribution in [0.25, 0.3) is 0 Å². The number of carboxylic acid groups (broad SMARTS) is 2. The van der Waals surface area contributed by atoms with Crippen LogP contribution in [0.1, 0.15) is 38.7 Å². The van der Waals surface area contributed by atoms with Gasteiger partial charge in [-0.25, -0.2) is 4.79 Å². The molecule has 0 spiro atoms. The highest BCUT2D eigenvalue weighted by molar-refractivity contribution is 7.80. The molecule has 0 saturated carbocycles. The highest BCUT2D eigenvalue weighted by atomic mass is 32.1. The van der Waals surface area contributed by atoms with Crippen molar-refractivity contribution in [2.45, 2.75) is 63.7 Å². The summed E-state index contributed by atoms with van der Waals surface area (Å²) in [6, 6.07) is 4.23. The molecular weight excluding hydrogens is 476 g/mol. The van der Waals surface area contributed by atoms with Crippen LogP contribution >= 0.6 is 12.6 Å². The molecule has 7 N–H and O–H groups in total. The molecular formula is C23H34N4O7S. The van der Waals surface area contributed by atoms with E-state index in [-0.39, 0.29) is 30.9 Å². The van der Waals surface area contributed by atoms with Gasteiger partial charge in [-0.15, -0.1) is 0 Å². The zero-order valence-electron chi connectivity index (χ0n) is 19.8. The van der Waals surface area contributed by atoms with Crippen molar-refractivity contribution in [3.05, 3.63) is 35.9 Å². The van der Waals surface area contributed by atoms with Gasteiger partial charge in [0, 0.05) is 18.6 Å². The molecule has 12 heteroatoms. The molecule has 0 bridgehead atoms. The number of carbonyl (C=O) groups excluding carboxylic acids is 3. The molecule has 0 aromatic heterocycles. The van der Waals surface area contributed by atoms with E-state index in [1.165, 1.54) is 0 Å². The number of hydrogen-bond donors (Lipinski definition) is 7. The summed E-state index contributed by atoms with van der Waals surface area (Å²) < 4.78 is 0. The Hall–Kier alpha value is -3.12. The summed E-state index contributed by atoms with van der Waals surface area (Å²) in [6.07, 6.45) is -0.466. The van der Waals surface area contributed by atoms with Crippen LogP contribution in [0.2, 0.25) is 0 Å². The highest BCUT2D eigenvalue weighted by Crippen LogP contribution is 2.09. The fourth-order valence-electron chi connectivity index (χ4n) is 3.19. The third-order valence-corrected chi connectivity index (χ3v) is 5.44. The largest absolute Gasteiger partial charge is 0.481 e. The summed E-state index contributed by atoms with van der Waals surface area (Å²) in [7, 11) is 0. The Bertz CT molecular complexity index is 882. The molecule has 0 fully saturated rings. The lowest BCUT2D eigenvalue weighted by atomic mass is 10.0. The third kappa shape index (κ3) is 11.2. The van der Waals surface area contributed by atoms with Crippen LogP contribution in [0.5, 0.6) is 0 Å². The van der Waals surface area contributed by atoms with E-state index in [9.17, 15) is 29.1 Å². The topological polar surface area (TPSA) is 188 Å². The van der Waals surface area contributed by atoms with Crippen molar-refractivity contribution in [1.82, 2.24) is 16.0 Å². The Morgan fingerprint density at radius 2 is 1.43 bits per heavy atom. The Morgan fingerprint density at radius 3 is 1.94 bits per heavy atom. The lowest BCUT2D eigenvalue weighted by Crippen LogP contribution is -2.58. The Balaban J connectivity index is 3.11. The molecule has 35 heavy (non-hydrogen) atoms. The first-order chi connectivity index (χ1) is 16.4. The number of rotatable bonds is 15. The van der Waals surface area contributed by atoms with Gasteiger partial charge in [-0.05, 0) is 24.3 Å². The summed E-state index contributed by atoms with van der Waals surface area (Å²) in [4.78, 5) is 60.8. The molecule has 4 atom stereocenters. The van der Waals surface area contributed by atoms with E-state index < -0.39 is 60.2 Å². The van der Waals surface area contributed by atoms with Crippen LogP contribution in [-0.2, 0) is 30.4 Å². The van der Waals surface area contributed by atoms with Gasteiger partial charge in [-0.1, -0.05) is 44.2 Å². The monoisotopic (exact) mass is 510 g/mol. The number of hydrogen-bond acceptors (Lipinski definition) is 7. The average molecular weight is 511 g/mol. The lowest BCUT2D eigenvalue weighted by molar-refractivity contribution is -0.143. The Morgan fingerprint density at radius 1 is 0.886 bits per heavy atom.